The van der Waals surface area contributed by atoms with E-state index in [-0.39, 0.29) is 29.8 Å². The van der Waals surface area contributed by atoms with Crippen molar-refractivity contribution in [2.45, 2.75) is 23.8 Å². The number of rotatable bonds is 6. The van der Waals surface area contributed by atoms with Gasteiger partial charge in [-0.15, -0.1) is 0 Å². The van der Waals surface area contributed by atoms with E-state index in [2.05, 4.69) is 0 Å². The monoisotopic (exact) mass is 286 g/mol. The lowest BCUT2D eigenvalue weighted by Crippen LogP contribution is -2.35. The minimum Gasteiger partial charge on any atom is -0.497 e. The molecule has 0 aromatic heterocycles. The summed E-state index contributed by atoms with van der Waals surface area (Å²) in [6, 6.07) is 4.47. The maximum Gasteiger partial charge on any atom is 0.245 e. The zero-order chi connectivity index (χ0) is 14.0. The van der Waals surface area contributed by atoms with Crippen molar-refractivity contribution in [2.24, 2.45) is 0 Å². The molecule has 1 saturated carbocycles. The zero-order valence-electron chi connectivity index (χ0n) is 10.7. The predicted octanol–water partition coefficient (Wildman–Crippen LogP) is 0.423. The number of benzene rings is 1. The molecule has 3 N–H and O–H groups in total. The molecule has 0 bridgehead atoms. The van der Waals surface area contributed by atoms with E-state index in [1.807, 2.05) is 0 Å². The fourth-order valence-corrected chi connectivity index (χ4v) is 3.75. The van der Waals surface area contributed by atoms with Gasteiger partial charge in [0.2, 0.25) is 10.0 Å². The molecule has 1 aromatic carbocycles. The standard InChI is InChI=1S/C12H18N2O4S/c1-18-10-4-5-12(11(13)8-10)19(16,17)14(6-7-15)9-2-3-9/h4-5,8-9,15H,2-3,6-7,13H2,1H3. The van der Waals surface area contributed by atoms with Crippen LogP contribution in [-0.4, -0.2) is 44.1 Å². The lowest BCUT2D eigenvalue weighted by molar-refractivity contribution is 0.250. The zero-order valence-corrected chi connectivity index (χ0v) is 11.6. The van der Waals surface area contributed by atoms with Crippen molar-refractivity contribution in [1.29, 1.82) is 0 Å². The smallest absolute Gasteiger partial charge is 0.245 e. The molecule has 1 aromatic rings. The van der Waals surface area contributed by atoms with Crippen LogP contribution in [0.1, 0.15) is 12.8 Å². The van der Waals surface area contributed by atoms with E-state index in [9.17, 15) is 8.42 Å². The average Bonchev–Trinajstić information content (AvgIpc) is 3.19. The molecule has 0 saturated heterocycles. The van der Waals surface area contributed by atoms with Gasteiger partial charge in [-0.1, -0.05) is 0 Å². The molecular formula is C12H18N2O4S. The van der Waals surface area contributed by atoms with Gasteiger partial charge in [0.1, 0.15) is 10.6 Å². The van der Waals surface area contributed by atoms with E-state index < -0.39 is 10.0 Å². The van der Waals surface area contributed by atoms with Crippen LogP contribution in [0, 0.1) is 0 Å². The number of nitrogens with two attached hydrogens (primary N) is 1. The van der Waals surface area contributed by atoms with E-state index in [0.29, 0.717) is 5.75 Å². The quantitative estimate of drug-likeness (QED) is 0.739. The molecule has 19 heavy (non-hydrogen) atoms. The highest BCUT2D eigenvalue weighted by atomic mass is 32.2. The number of hydrogen-bond donors (Lipinski definition) is 2. The Kier molecular flexibility index (Phi) is 3.98. The van der Waals surface area contributed by atoms with Gasteiger partial charge in [-0.2, -0.15) is 4.31 Å². The Balaban J connectivity index is 2.37. The Hall–Kier alpha value is -1.31. The normalized spacial score (nSPS) is 15.7. The van der Waals surface area contributed by atoms with Gasteiger partial charge in [-0.25, -0.2) is 8.42 Å². The van der Waals surface area contributed by atoms with Crippen LogP contribution in [0.2, 0.25) is 0 Å². The molecule has 0 heterocycles. The second-order valence-corrected chi connectivity index (χ2v) is 6.33. The number of sulfonamides is 1. The predicted molar refractivity (Wildman–Crippen MR) is 71.4 cm³/mol. The van der Waals surface area contributed by atoms with Crippen LogP contribution in [0.4, 0.5) is 5.69 Å². The summed E-state index contributed by atoms with van der Waals surface area (Å²) < 4.78 is 31.4. The van der Waals surface area contributed by atoms with E-state index in [4.69, 9.17) is 15.6 Å². The van der Waals surface area contributed by atoms with Crippen molar-refractivity contribution < 1.29 is 18.3 Å². The molecule has 6 nitrogen and oxygen atoms in total. The van der Waals surface area contributed by atoms with Crippen LogP contribution in [0.25, 0.3) is 0 Å². The van der Waals surface area contributed by atoms with Gasteiger partial charge in [0, 0.05) is 18.7 Å². The minimum atomic E-state index is -3.66. The maximum atomic E-state index is 12.5. The Morgan fingerprint density at radius 1 is 1.47 bits per heavy atom. The molecule has 0 amide bonds. The highest BCUT2D eigenvalue weighted by Gasteiger charge is 2.38. The lowest BCUT2D eigenvalue weighted by atomic mass is 10.3. The third-order valence-corrected chi connectivity index (χ3v) is 5.10. The van der Waals surface area contributed by atoms with E-state index >= 15 is 0 Å². The number of nitrogens with zero attached hydrogens (tertiary/aromatic N) is 1. The number of ether oxygens (including phenoxy) is 1. The van der Waals surface area contributed by atoms with Crippen molar-refractivity contribution in [3.63, 3.8) is 0 Å². The molecule has 0 aliphatic heterocycles. The van der Waals surface area contributed by atoms with Crippen LogP contribution >= 0.6 is 0 Å². The van der Waals surface area contributed by atoms with E-state index in [1.54, 1.807) is 6.07 Å². The van der Waals surface area contributed by atoms with Gasteiger partial charge in [0.25, 0.3) is 0 Å². The SMILES string of the molecule is COc1ccc(S(=O)(=O)N(CCO)C2CC2)c(N)c1. The first-order chi connectivity index (χ1) is 9.00. The fraction of sp³-hybridized carbons (Fsp3) is 0.500. The number of nitrogen functional groups attached to an aromatic ring is 1. The van der Waals surface area contributed by atoms with Crippen molar-refractivity contribution in [2.75, 3.05) is 26.0 Å². The highest BCUT2D eigenvalue weighted by Crippen LogP contribution is 2.34. The van der Waals surface area contributed by atoms with Gasteiger partial charge in [-0.05, 0) is 25.0 Å². The van der Waals surface area contributed by atoms with Gasteiger partial charge < -0.3 is 15.6 Å². The second-order valence-electron chi connectivity index (χ2n) is 4.47. The van der Waals surface area contributed by atoms with E-state index in [0.717, 1.165) is 12.8 Å². The summed E-state index contributed by atoms with van der Waals surface area (Å²) in [5.41, 5.74) is 5.94. The number of aliphatic hydroxyl groups is 1. The summed E-state index contributed by atoms with van der Waals surface area (Å²) in [5, 5.41) is 9.02. The molecule has 0 spiro atoms. The number of aliphatic hydroxyl groups excluding tert-OH is 1. The maximum absolute atomic E-state index is 12.5. The number of methoxy groups -OCH3 is 1. The van der Waals surface area contributed by atoms with E-state index in [1.165, 1.54) is 23.5 Å². The van der Waals surface area contributed by atoms with Gasteiger partial charge in [-0.3, -0.25) is 0 Å². The fourth-order valence-electron chi connectivity index (χ4n) is 1.97. The number of anilines is 1. The summed E-state index contributed by atoms with van der Waals surface area (Å²) >= 11 is 0. The molecule has 1 aliphatic carbocycles. The Labute approximate surface area is 112 Å². The second kappa shape index (κ2) is 5.36. The third kappa shape index (κ3) is 2.83. The van der Waals surface area contributed by atoms with Crippen LogP contribution in [0.3, 0.4) is 0 Å². The van der Waals surface area contributed by atoms with Crippen molar-refractivity contribution in [1.82, 2.24) is 4.31 Å². The van der Waals surface area contributed by atoms with Crippen molar-refractivity contribution in [3.05, 3.63) is 18.2 Å². The molecular weight excluding hydrogens is 268 g/mol. The summed E-state index contributed by atoms with van der Waals surface area (Å²) in [4.78, 5) is 0.0636. The first-order valence-electron chi connectivity index (χ1n) is 6.07. The summed E-state index contributed by atoms with van der Waals surface area (Å²) in [6.45, 7) is -0.107. The molecule has 1 aliphatic rings. The van der Waals surface area contributed by atoms with Gasteiger partial charge >= 0.3 is 0 Å². The first kappa shape index (κ1) is 14.1. The van der Waals surface area contributed by atoms with Crippen LogP contribution in [0.15, 0.2) is 23.1 Å². The molecule has 0 radical (unpaired) electrons. The molecule has 106 valence electrons. The molecule has 1 fully saturated rings. The van der Waals surface area contributed by atoms with Crippen LogP contribution < -0.4 is 10.5 Å². The van der Waals surface area contributed by atoms with Crippen molar-refractivity contribution >= 4 is 15.7 Å². The largest absolute Gasteiger partial charge is 0.497 e. The summed E-state index contributed by atoms with van der Waals surface area (Å²) in [7, 11) is -2.17. The Bertz CT molecular complexity index is 555. The first-order valence-corrected chi connectivity index (χ1v) is 7.51. The average molecular weight is 286 g/mol. The molecule has 7 heteroatoms. The molecule has 0 atom stereocenters. The Morgan fingerprint density at radius 3 is 2.63 bits per heavy atom. The van der Waals surface area contributed by atoms with Crippen LogP contribution in [-0.2, 0) is 10.0 Å². The molecule has 0 unspecified atom stereocenters. The lowest BCUT2D eigenvalue weighted by Gasteiger charge is -2.21. The van der Waals surface area contributed by atoms with Gasteiger partial charge in [0.05, 0.1) is 19.4 Å². The topological polar surface area (TPSA) is 92.9 Å². The minimum absolute atomic E-state index is 0.0151. The van der Waals surface area contributed by atoms with Gasteiger partial charge in [0.15, 0.2) is 0 Å². The highest BCUT2D eigenvalue weighted by molar-refractivity contribution is 7.89. The van der Waals surface area contributed by atoms with Crippen LogP contribution in [0.5, 0.6) is 5.75 Å². The molecule has 2 rings (SSSR count). The summed E-state index contributed by atoms with van der Waals surface area (Å²) in [5.74, 6) is 0.511. The Morgan fingerprint density at radius 2 is 2.16 bits per heavy atom. The number of hydrogen-bond acceptors (Lipinski definition) is 5. The van der Waals surface area contributed by atoms with Crippen molar-refractivity contribution in [3.8, 4) is 5.75 Å². The third-order valence-electron chi connectivity index (χ3n) is 3.08. The summed E-state index contributed by atoms with van der Waals surface area (Å²) in [6.07, 6.45) is 1.66.